The highest BCUT2D eigenvalue weighted by Crippen LogP contribution is 2.28. The molecule has 0 unspecified atom stereocenters. The highest BCUT2D eigenvalue weighted by Gasteiger charge is 2.32. The molecule has 0 saturated heterocycles. The highest BCUT2D eigenvalue weighted by molar-refractivity contribution is 7.92. The minimum absolute atomic E-state index is 0.0359. The number of methoxy groups -OCH3 is 1. The van der Waals surface area contributed by atoms with Crippen molar-refractivity contribution in [2.75, 3.05) is 24.5 Å². The van der Waals surface area contributed by atoms with E-state index in [1.54, 1.807) is 49.4 Å². The van der Waals surface area contributed by atoms with Crippen molar-refractivity contribution < 1.29 is 22.7 Å². The lowest BCUT2D eigenvalue weighted by atomic mass is 10.1. The van der Waals surface area contributed by atoms with Gasteiger partial charge in [0.1, 0.15) is 18.3 Å². The molecule has 0 spiro atoms. The fourth-order valence-electron chi connectivity index (χ4n) is 3.85. The van der Waals surface area contributed by atoms with Gasteiger partial charge in [0.2, 0.25) is 11.8 Å². The second-order valence-electron chi connectivity index (χ2n) is 8.79. The van der Waals surface area contributed by atoms with Crippen LogP contribution >= 0.6 is 23.2 Å². The van der Waals surface area contributed by atoms with Gasteiger partial charge in [0.15, 0.2) is 0 Å². The van der Waals surface area contributed by atoms with Crippen molar-refractivity contribution in [3.05, 3.63) is 88.4 Å². The van der Waals surface area contributed by atoms with Gasteiger partial charge in [-0.2, -0.15) is 0 Å². The van der Waals surface area contributed by atoms with E-state index in [9.17, 15) is 18.0 Å². The molecular weight excluding hydrogens is 561 g/mol. The number of anilines is 1. The van der Waals surface area contributed by atoms with Gasteiger partial charge in [-0.05, 0) is 73.5 Å². The number of carbonyl (C=O) groups is 2. The van der Waals surface area contributed by atoms with Crippen LogP contribution in [0.4, 0.5) is 5.69 Å². The Morgan fingerprint density at radius 3 is 2.21 bits per heavy atom. The maximum absolute atomic E-state index is 13.9. The van der Waals surface area contributed by atoms with Crippen LogP contribution in [-0.2, 0) is 26.2 Å². The van der Waals surface area contributed by atoms with Crippen LogP contribution in [0.2, 0.25) is 10.0 Å². The molecule has 0 bridgehead atoms. The number of amides is 2. The van der Waals surface area contributed by atoms with Gasteiger partial charge in [-0.15, -0.1) is 0 Å². The average Bonchev–Trinajstić information content (AvgIpc) is 2.92. The molecule has 0 saturated carbocycles. The molecule has 8 nitrogen and oxygen atoms in total. The molecule has 11 heteroatoms. The smallest absolute Gasteiger partial charge is 0.264 e. The first kappa shape index (κ1) is 30.3. The van der Waals surface area contributed by atoms with E-state index >= 15 is 0 Å². The molecule has 0 fully saturated rings. The predicted octanol–water partition coefficient (Wildman–Crippen LogP) is 5.14. The Bertz CT molecular complexity index is 1400. The summed E-state index contributed by atoms with van der Waals surface area (Å²) in [5.74, 6) is -0.440. The molecule has 3 aromatic carbocycles. The van der Waals surface area contributed by atoms with Crippen molar-refractivity contribution in [2.24, 2.45) is 0 Å². The maximum Gasteiger partial charge on any atom is 0.264 e. The molecule has 39 heavy (non-hydrogen) atoms. The summed E-state index contributed by atoms with van der Waals surface area (Å²) in [5, 5.41) is 3.59. The summed E-state index contributed by atoms with van der Waals surface area (Å²) in [7, 11) is -2.74. The molecule has 0 aliphatic heterocycles. The van der Waals surface area contributed by atoms with Crippen LogP contribution in [0.5, 0.6) is 5.75 Å². The SMILES string of the molecule is CCCNC(=O)[C@@H](C)N(Cc1cccc(Cl)c1)C(=O)CN(c1cccc(Cl)c1)S(=O)(=O)c1ccc(OC)cc1. The van der Waals surface area contributed by atoms with Crippen LogP contribution in [0.25, 0.3) is 0 Å². The molecule has 208 valence electrons. The molecule has 0 aliphatic rings. The molecule has 2 amide bonds. The Morgan fingerprint density at radius 1 is 0.974 bits per heavy atom. The molecule has 0 heterocycles. The minimum atomic E-state index is -4.21. The van der Waals surface area contributed by atoms with E-state index in [-0.39, 0.29) is 23.0 Å². The molecule has 3 rings (SSSR count). The standard InChI is InChI=1S/C28H31Cl2N3O5S/c1-4-15-31-28(35)20(2)32(18-21-7-5-8-22(29)16-21)27(34)19-33(24-10-6-9-23(30)17-24)39(36,37)26-13-11-25(38-3)12-14-26/h5-14,16-17,20H,4,15,18-19H2,1-3H3,(H,31,35)/t20-/m1/s1. The number of hydrogen-bond acceptors (Lipinski definition) is 5. The number of benzene rings is 3. The highest BCUT2D eigenvalue weighted by atomic mass is 35.5. The number of ether oxygens (including phenoxy) is 1. The third-order valence-corrected chi connectivity index (χ3v) is 8.24. The van der Waals surface area contributed by atoms with Gasteiger partial charge in [-0.3, -0.25) is 13.9 Å². The third kappa shape index (κ3) is 7.88. The summed E-state index contributed by atoms with van der Waals surface area (Å²) in [5.41, 5.74) is 0.899. The fraction of sp³-hybridized carbons (Fsp3) is 0.286. The van der Waals surface area contributed by atoms with Gasteiger partial charge >= 0.3 is 0 Å². The Hall–Kier alpha value is -3.27. The van der Waals surface area contributed by atoms with Crippen molar-refractivity contribution in [1.29, 1.82) is 0 Å². The molecular formula is C28H31Cl2N3O5S. The number of carbonyl (C=O) groups excluding carboxylic acids is 2. The summed E-state index contributed by atoms with van der Waals surface area (Å²) in [4.78, 5) is 28.1. The monoisotopic (exact) mass is 591 g/mol. The van der Waals surface area contributed by atoms with E-state index < -0.39 is 28.5 Å². The van der Waals surface area contributed by atoms with E-state index in [4.69, 9.17) is 27.9 Å². The van der Waals surface area contributed by atoms with Gasteiger partial charge in [0.25, 0.3) is 10.0 Å². The van der Waals surface area contributed by atoms with E-state index in [2.05, 4.69) is 5.32 Å². The molecule has 1 atom stereocenters. The fourth-order valence-corrected chi connectivity index (χ4v) is 5.65. The lowest BCUT2D eigenvalue weighted by Crippen LogP contribution is -2.51. The second kappa shape index (κ2) is 13.7. The van der Waals surface area contributed by atoms with Crippen LogP contribution in [-0.4, -0.2) is 51.4 Å². The third-order valence-electron chi connectivity index (χ3n) is 5.98. The Labute approximate surface area is 239 Å². The number of rotatable bonds is 12. The summed E-state index contributed by atoms with van der Waals surface area (Å²) in [6.07, 6.45) is 0.726. The normalized spacial score (nSPS) is 11.9. The number of hydrogen-bond donors (Lipinski definition) is 1. The Morgan fingerprint density at radius 2 is 1.62 bits per heavy atom. The zero-order valence-electron chi connectivity index (χ0n) is 21.9. The number of nitrogens with one attached hydrogen (secondary N) is 1. The van der Waals surface area contributed by atoms with E-state index in [1.165, 1.54) is 42.3 Å². The lowest BCUT2D eigenvalue weighted by Gasteiger charge is -2.32. The first-order chi connectivity index (χ1) is 18.6. The van der Waals surface area contributed by atoms with Crippen LogP contribution in [0, 0.1) is 0 Å². The number of sulfonamides is 1. The van der Waals surface area contributed by atoms with Gasteiger partial charge in [-0.1, -0.05) is 48.3 Å². The van der Waals surface area contributed by atoms with Crippen LogP contribution in [0.15, 0.2) is 77.7 Å². The first-order valence-corrected chi connectivity index (χ1v) is 14.5. The molecule has 0 aromatic heterocycles. The van der Waals surface area contributed by atoms with Gasteiger partial charge in [-0.25, -0.2) is 8.42 Å². The topological polar surface area (TPSA) is 96.0 Å². The van der Waals surface area contributed by atoms with Gasteiger partial charge < -0.3 is 15.0 Å². The summed E-state index contributed by atoms with van der Waals surface area (Å²) >= 11 is 12.3. The van der Waals surface area contributed by atoms with E-state index in [0.29, 0.717) is 27.9 Å². The quantitative estimate of drug-likeness (QED) is 0.314. The van der Waals surface area contributed by atoms with Gasteiger partial charge in [0, 0.05) is 23.1 Å². The maximum atomic E-state index is 13.9. The Kier molecular flexibility index (Phi) is 10.6. The number of halogens is 2. The van der Waals surface area contributed by atoms with Crippen LogP contribution < -0.4 is 14.4 Å². The Balaban J connectivity index is 2.02. The van der Waals surface area contributed by atoms with Crippen molar-refractivity contribution >= 4 is 50.7 Å². The van der Waals surface area contributed by atoms with Gasteiger partial charge in [0.05, 0.1) is 17.7 Å². The first-order valence-electron chi connectivity index (χ1n) is 12.3. The van der Waals surface area contributed by atoms with Crippen molar-refractivity contribution in [3.8, 4) is 5.75 Å². The second-order valence-corrected chi connectivity index (χ2v) is 11.5. The molecule has 0 aliphatic carbocycles. The largest absolute Gasteiger partial charge is 0.497 e. The lowest BCUT2D eigenvalue weighted by molar-refractivity contribution is -0.139. The summed E-state index contributed by atoms with van der Waals surface area (Å²) in [6.45, 7) is 3.46. The summed E-state index contributed by atoms with van der Waals surface area (Å²) < 4.78 is 33.8. The van der Waals surface area contributed by atoms with Crippen LogP contribution in [0.1, 0.15) is 25.8 Å². The van der Waals surface area contributed by atoms with Crippen molar-refractivity contribution in [2.45, 2.75) is 37.8 Å². The molecule has 3 aromatic rings. The molecule has 0 radical (unpaired) electrons. The zero-order chi connectivity index (χ0) is 28.6. The summed E-state index contributed by atoms with van der Waals surface area (Å²) in [6, 6.07) is 18.1. The zero-order valence-corrected chi connectivity index (χ0v) is 24.3. The molecule has 1 N–H and O–H groups in total. The number of nitrogens with zero attached hydrogens (tertiary/aromatic N) is 2. The average molecular weight is 593 g/mol. The van der Waals surface area contributed by atoms with E-state index in [0.717, 1.165) is 10.7 Å². The minimum Gasteiger partial charge on any atom is -0.497 e. The predicted molar refractivity (Wildman–Crippen MR) is 154 cm³/mol. The van der Waals surface area contributed by atoms with E-state index in [1.807, 2.05) is 6.92 Å². The van der Waals surface area contributed by atoms with Crippen LogP contribution in [0.3, 0.4) is 0 Å². The van der Waals surface area contributed by atoms with Crippen molar-refractivity contribution in [3.63, 3.8) is 0 Å². The van der Waals surface area contributed by atoms with Crippen molar-refractivity contribution in [1.82, 2.24) is 10.2 Å².